The summed E-state index contributed by atoms with van der Waals surface area (Å²) in [5.41, 5.74) is 1.41. The molecule has 1 saturated carbocycles. The Labute approximate surface area is 182 Å². The fourth-order valence-electron chi connectivity index (χ4n) is 3.38. The standard InChI is InChI=1S/C22H17F3N2O4S/c23-22(24,25)31-16-4-1-5-18(11-16)32(29,30)17-8-6-15(7-9-17)27-21(28)20-12-19(20)14-3-2-10-26-13-14/h1-11,13,19-20H,12H2,(H,27,28)/t19-,20+/m1/s1. The van der Waals surface area contributed by atoms with Crippen LogP contribution >= 0.6 is 0 Å². The molecule has 32 heavy (non-hydrogen) atoms. The van der Waals surface area contributed by atoms with Crippen LogP contribution in [-0.4, -0.2) is 25.7 Å². The number of alkyl halides is 3. The summed E-state index contributed by atoms with van der Waals surface area (Å²) in [6.07, 6.45) is -0.831. The Balaban J connectivity index is 1.44. The number of sulfone groups is 1. The van der Waals surface area contributed by atoms with Crippen molar-refractivity contribution in [1.29, 1.82) is 0 Å². The van der Waals surface area contributed by atoms with E-state index in [0.29, 0.717) is 12.1 Å². The first-order chi connectivity index (χ1) is 15.1. The van der Waals surface area contributed by atoms with Crippen LogP contribution in [0.4, 0.5) is 18.9 Å². The number of hydrogen-bond donors (Lipinski definition) is 1. The third-order valence-electron chi connectivity index (χ3n) is 5.02. The number of amides is 1. The van der Waals surface area contributed by atoms with Crippen molar-refractivity contribution in [3.8, 4) is 5.75 Å². The van der Waals surface area contributed by atoms with Gasteiger partial charge in [0.1, 0.15) is 5.75 Å². The molecule has 1 heterocycles. The predicted octanol–water partition coefficient (Wildman–Crippen LogP) is 4.56. The van der Waals surface area contributed by atoms with Crippen molar-refractivity contribution in [3.05, 3.63) is 78.6 Å². The van der Waals surface area contributed by atoms with E-state index in [9.17, 15) is 26.4 Å². The van der Waals surface area contributed by atoms with E-state index in [1.807, 2.05) is 12.1 Å². The minimum Gasteiger partial charge on any atom is -0.406 e. The van der Waals surface area contributed by atoms with Crippen LogP contribution in [0.1, 0.15) is 17.9 Å². The van der Waals surface area contributed by atoms with Crippen LogP contribution in [0.15, 0.2) is 82.8 Å². The molecule has 0 radical (unpaired) electrons. The summed E-state index contributed by atoms with van der Waals surface area (Å²) in [6.45, 7) is 0. The van der Waals surface area contributed by atoms with Crippen molar-refractivity contribution in [3.63, 3.8) is 0 Å². The Morgan fingerprint density at radius 2 is 1.78 bits per heavy atom. The van der Waals surface area contributed by atoms with Crippen LogP contribution in [0.5, 0.6) is 5.75 Å². The highest BCUT2D eigenvalue weighted by atomic mass is 32.2. The molecule has 0 bridgehead atoms. The van der Waals surface area contributed by atoms with E-state index in [4.69, 9.17) is 0 Å². The summed E-state index contributed by atoms with van der Waals surface area (Å²) in [7, 11) is -4.08. The zero-order chi connectivity index (χ0) is 22.9. The van der Waals surface area contributed by atoms with Crippen molar-refractivity contribution in [2.24, 2.45) is 5.92 Å². The molecule has 2 aromatic carbocycles. The molecule has 0 aliphatic heterocycles. The molecule has 3 aromatic rings. The largest absolute Gasteiger partial charge is 0.573 e. The summed E-state index contributed by atoms with van der Waals surface area (Å²) in [5.74, 6) is -0.880. The second-order valence-electron chi connectivity index (χ2n) is 7.27. The predicted molar refractivity (Wildman–Crippen MR) is 109 cm³/mol. The number of anilines is 1. The van der Waals surface area contributed by atoms with E-state index in [-0.39, 0.29) is 27.5 Å². The third kappa shape index (κ3) is 4.91. The van der Waals surface area contributed by atoms with E-state index >= 15 is 0 Å². The SMILES string of the molecule is O=C(Nc1ccc(S(=O)(=O)c2cccc(OC(F)(F)F)c2)cc1)[C@H]1C[C@@H]1c1cccnc1. The Kier molecular flexibility index (Phi) is 5.64. The van der Waals surface area contributed by atoms with Crippen LogP contribution in [0.3, 0.4) is 0 Å². The summed E-state index contributed by atoms with van der Waals surface area (Å²) in [5, 5.41) is 2.76. The number of hydrogen-bond acceptors (Lipinski definition) is 5. The summed E-state index contributed by atoms with van der Waals surface area (Å²) >= 11 is 0. The number of benzene rings is 2. The molecule has 1 aliphatic rings. The molecule has 0 spiro atoms. The fourth-order valence-corrected chi connectivity index (χ4v) is 4.67. The topological polar surface area (TPSA) is 85.4 Å². The number of rotatable bonds is 6. The lowest BCUT2D eigenvalue weighted by Crippen LogP contribution is -2.17. The molecule has 1 aromatic heterocycles. The third-order valence-corrected chi connectivity index (χ3v) is 6.79. The highest BCUT2D eigenvalue weighted by Crippen LogP contribution is 2.47. The zero-order valence-corrected chi connectivity index (χ0v) is 17.2. The molecular formula is C22H17F3N2O4S. The number of carbonyl (C=O) groups is 1. The summed E-state index contributed by atoms with van der Waals surface area (Å²) in [4.78, 5) is 16.0. The second-order valence-corrected chi connectivity index (χ2v) is 9.22. The molecule has 1 fully saturated rings. The average Bonchev–Trinajstić information content (AvgIpc) is 3.55. The van der Waals surface area contributed by atoms with Gasteiger partial charge in [-0.3, -0.25) is 9.78 Å². The molecule has 1 N–H and O–H groups in total. The minimum atomic E-state index is -4.93. The maximum Gasteiger partial charge on any atom is 0.573 e. The number of ether oxygens (including phenoxy) is 1. The monoisotopic (exact) mass is 462 g/mol. The van der Waals surface area contributed by atoms with Crippen molar-refractivity contribution in [2.75, 3.05) is 5.32 Å². The van der Waals surface area contributed by atoms with Gasteiger partial charge in [0.05, 0.1) is 9.79 Å². The van der Waals surface area contributed by atoms with Crippen LogP contribution in [0, 0.1) is 5.92 Å². The lowest BCUT2D eigenvalue weighted by molar-refractivity contribution is -0.274. The van der Waals surface area contributed by atoms with Gasteiger partial charge in [0.15, 0.2) is 0 Å². The number of pyridine rings is 1. The molecule has 1 amide bonds. The first-order valence-corrected chi connectivity index (χ1v) is 11.0. The molecule has 6 nitrogen and oxygen atoms in total. The summed E-state index contributed by atoms with van der Waals surface area (Å²) < 4.78 is 66.6. The molecule has 10 heteroatoms. The van der Waals surface area contributed by atoms with Crippen LogP contribution < -0.4 is 10.1 Å². The lowest BCUT2D eigenvalue weighted by Gasteiger charge is -2.11. The summed E-state index contributed by atoms with van der Waals surface area (Å²) in [6, 6.07) is 13.3. The number of aromatic nitrogens is 1. The smallest absolute Gasteiger partial charge is 0.406 e. The Morgan fingerprint density at radius 1 is 1.03 bits per heavy atom. The fraction of sp³-hybridized carbons (Fsp3) is 0.182. The van der Waals surface area contributed by atoms with Crippen LogP contribution in [0.2, 0.25) is 0 Å². The molecule has 2 atom stereocenters. The quantitative estimate of drug-likeness (QED) is 0.581. The first-order valence-electron chi connectivity index (χ1n) is 9.55. The number of nitrogens with one attached hydrogen (secondary N) is 1. The Morgan fingerprint density at radius 3 is 2.44 bits per heavy atom. The number of carbonyl (C=O) groups excluding carboxylic acids is 1. The van der Waals surface area contributed by atoms with Gasteiger partial charge in [0.25, 0.3) is 0 Å². The van der Waals surface area contributed by atoms with Gasteiger partial charge in [-0.15, -0.1) is 13.2 Å². The van der Waals surface area contributed by atoms with Gasteiger partial charge < -0.3 is 10.1 Å². The van der Waals surface area contributed by atoms with Gasteiger partial charge in [-0.25, -0.2) is 8.42 Å². The van der Waals surface area contributed by atoms with E-state index in [0.717, 1.165) is 23.8 Å². The normalized spacial score (nSPS) is 18.1. The maximum absolute atomic E-state index is 12.8. The van der Waals surface area contributed by atoms with Crippen LogP contribution in [-0.2, 0) is 14.6 Å². The van der Waals surface area contributed by atoms with Crippen molar-refractivity contribution >= 4 is 21.4 Å². The Bertz CT molecular complexity index is 1230. The first kappa shape index (κ1) is 21.8. The van der Waals surface area contributed by atoms with Gasteiger partial charge in [-0.2, -0.15) is 0 Å². The van der Waals surface area contributed by atoms with Crippen LogP contribution in [0.25, 0.3) is 0 Å². The van der Waals surface area contributed by atoms with Crippen molar-refractivity contribution in [2.45, 2.75) is 28.5 Å². The van der Waals surface area contributed by atoms with E-state index in [1.54, 1.807) is 12.4 Å². The second kappa shape index (κ2) is 8.27. The molecule has 166 valence electrons. The molecule has 4 rings (SSSR count). The highest BCUT2D eigenvalue weighted by Gasteiger charge is 2.44. The average molecular weight is 462 g/mol. The lowest BCUT2D eigenvalue weighted by atomic mass is 10.1. The van der Waals surface area contributed by atoms with Gasteiger partial charge >= 0.3 is 6.36 Å². The highest BCUT2D eigenvalue weighted by molar-refractivity contribution is 7.91. The molecular weight excluding hydrogens is 445 g/mol. The van der Waals surface area contributed by atoms with Crippen molar-refractivity contribution in [1.82, 2.24) is 4.98 Å². The van der Waals surface area contributed by atoms with E-state index in [2.05, 4.69) is 15.0 Å². The number of nitrogens with zero attached hydrogens (tertiary/aromatic N) is 1. The van der Waals surface area contributed by atoms with Gasteiger partial charge in [-0.1, -0.05) is 12.1 Å². The maximum atomic E-state index is 12.8. The molecule has 1 aliphatic carbocycles. The van der Waals surface area contributed by atoms with Gasteiger partial charge in [0, 0.05) is 24.0 Å². The molecule has 0 saturated heterocycles. The minimum absolute atomic E-state index is 0.106. The molecule has 0 unspecified atom stereocenters. The van der Waals surface area contributed by atoms with E-state index in [1.165, 1.54) is 30.3 Å². The van der Waals surface area contributed by atoms with E-state index < -0.39 is 21.9 Å². The number of halogens is 3. The van der Waals surface area contributed by atoms with Crippen molar-refractivity contribution < 1.29 is 31.1 Å². The zero-order valence-electron chi connectivity index (χ0n) is 16.4. The Hall–Kier alpha value is -3.40. The van der Waals surface area contributed by atoms with Gasteiger partial charge in [-0.05, 0) is 66.4 Å². The van der Waals surface area contributed by atoms with Gasteiger partial charge in [0.2, 0.25) is 15.7 Å².